The van der Waals surface area contributed by atoms with Crippen LogP contribution in [0, 0.1) is 6.92 Å². The summed E-state index contributed by atoms with van der Waals surface area (Å²) in [6.07, 6.45) is 1.78. The molecular formula is C19H14O. The second-order valence-electron chi connectivity index (χ2n) is 5.08. The monoisotopic (exact) mass is 258 g/mol. The largest absolute Gasteiger partial charge is 0.464 e. The average Bonchev–Trinajstić information content (AvgIpc) is 2.98. The Morgan fingerprint density at radius 1 is 0.700 bits per heavy atom. The van der Waals surface area contributed by atoms with E-state index in [1.807, 2.05) is 6.07 Å². The van der Waals surface area contributed by atoms with E-state index in [-0.39, 0.29) is 0 Å². The van der Waals surface area contributed by atoms with Crippen molar-refractivity contribution < 1.29 is 4.42 Å². The molecule has 0 saturated heterocycles. The van der Waals surface area contributed by atoms with Gasteiger partial charge in [-0.3, -0.25) is 0 Å². The molecule has 0 atom stereocenters. The molecule has 0 radical (unpaired) electrons. The van der Waals surface area contributed by atoms with Gasteiger partial charge in [0.15, 0.2) is 0 Å². The zero-order valence-electron chi connectivity index (χ0n) is 11.3. The fraction of sp³-hybridized carbons (Fsp3) is 0.0526. The van der Waals surface area contributed by atoms with E-state index < -0.39 is 0 Å². The molecule has 0 aliphatic carbocycles. The molecule has 0 bridgehead atoms. The van der Waals surface area contributed by atoms with Crippen molar-refractivity contribution in [2.45, 2.75) is 6.92 Å². The molecule has 1 heterocycles. The fourth-order valence-corrected chi connectivity index (χ4v) is 3.02. The quantitative estimate of drug-likeness (QED) is 0.435. The molecule has 1 heteroatoms. The molecule has 0 unspecified atom stereocenters. The summed E-state index contributed by atoms with van der Waals surface area (Å²) in [5.41, 5.74) is 4.65. The first-order chi connectivity index (χ1) is 9.86. The first kappa shape index (κ1) is 11.3. The predicted octanol–water partition coefficient (Wildman–Crippen LogP) is 5.56. The van der Waals surface area contributed by atoms with E-state index in [1.165, 1.54) is 32.8 Å². The van der Waals surface area contributed by atoms with Crippen LogP contribution in [-0.4, -0.2) is 0 Å². The van der Waals surface area contributed by atoms with Gasteiger partial charge in [-0.25, -0.2) is 0 Å². The van der Waals surface area contributed by atoms with Gasteiger partial charge < -0.3 is 4.42 Å². The van der Waals surface area contributed by atoms with E-state index in [0.29, 0.717) is 0 Å². The van der Waals surface area contributed by atoms with Gasteiger partial charge in [0.1, 0.15) is 5.58 Å². The Bertz CT molecular complexity index is 901. The molecule has 0 amide bonds. The number of aryl methyl sites for hydroxylation is 1. The van der Waals surface area contributed by atoms with Crippen molar-refractivity contribution in [3.8, 4) is 11.1 Å². The molecule has 96 valence electrons. The number of furan rings is 1. The van der Waals surface area contributed by atoms with Crippen LogP contribution in [0.3, 0.4) is 0 Å². The third-order valence-corrected chi connectivity index (χ3v) is 3.95. The molecule has 4 aromatic rings. The van der Waals surface area contributed by atoms with Gasteiger partial charge in [-0.15, -0.1) is 0 Å². The highest BCUT2D eigenvalue weighted by Gasteiger charge is 2.14. The van der Waals surface area contributed by atoms with Gasteiger partial charge in [-0.05, 0) is 34.9 Å². The second-order valence-corrected chi connectivity index (χ2v) is 5.08. The minimum atomic E-state index is 0.979. The number of hydrogen-bond donors (Lipinski definition) is 0. The van der Waals surface area contributed by atoms with E-state index in [4.69, 9.17) is 4.42 Å². The van der Waals surface area contributed by atoms with Crippen molar-refractivity contribution in [1.29, 1.82) is 0 Å². The Balaban J connectivity index is 2.24. The summed E-state index contributed by atoms with van der Waals surface area (Å²) in [6.45, 7) is 2.17. The van der Waals surface area contributed by atoms with Crippen molar-refractivity contribution in [2.24, 2.45) is 0 Å². The van der Waals surface area contributed by atoms with E-state index >= 15 is 0 Å². The molecule has 0 aliphatic heterocycles. The van der Waals surface area contributed by atoms with Crippen LogP contribution in [0.2, 0.25) is 0 Å². The van der Waals surface area contributed by atoms with Gasteiger partial charge in [0, 0.05) is 10.9 Å². The first-order valence-electron chi connectivity index (χ1n) is 6.80. The summed E-state index contributed by atoms with van der Waals surface area (Å²) in [7, 11) is 0. The Labute approximate surface area is 117 Å². The van der Waals surface area contributed by atoms with Crippen molar-refractivity contribution in [3.05, 3.63) is 72.5 Å². The molecule has 20 heavy (non-hydrogen) atoms. The van der Waals surface area contributed by atoms with Crippen molar-refractivity contribution in [3.63, 3.8) is 0 Å². The minimum absolute atomic E-state index is 0.979. The van der Waals surface area contributed by atoms with E-state index in [0.717, 1.165) is 5.58 Å². The summed E-state index contributed by atoms with van der Waals surface area (Å²) in [6, 6.07) is 21.0. The summed E-state index contributed by atoms with van der Waals surface area (Å²) in [5, 5.41) is 3.73. The zero-order chi connectivity index (χ0) is 13.5. The normalized spacial score (nSPS) is 11.2. The van der Waals surface area contributed by atoms with Gasteiger partial charge in [-0.1, -0.05) is 54.6 Å². The summed E-state index contributed by atoms with van der Waals surface area (Å²) in [4.78, 5) is 0. The van der Waals surface area contributed by atoms with Crippen LogP contribution >= 0.6 is 0 Å². The van der Waals surface area contributed by atoms with Gasteiger partial charge in [0.25, 0.3) is 0 Å². The topological polar surface area (TPSA) is 13.1 Å². The summed E-state index contributed by atoms with van der Waals surface area (Å²) >= 11 is 0. The van der Waals surface area contributed by atoms with Gasteiger partial charge in [-0.2, -0.15) is 0 Å². The highest BCUT2D eigenvalue weighted by molar-refractivity contribution is 6.13. The maximum absolute atomic E-state index is 5.79. The third kappa shape index (κ3) is 1.50. The van der Waals surface area contributed by atoms with Crippen molar-refractivity contribution >= 4 is 21.7 Å². The molecule has 3 aromatic carbocycles. The zero-order valence-corrected chi connectivity index (χ0v) is 11.3. The van der Waals surface area contributed by atoms with Gasteiger partial charge in [0.2, 0.25) is 0 Å². The molecule has 0 N–H and O–H groups in total. The molecular weight excluding hydrogens is 244 g/mol. The Morgan fingerprint density at radius 2 is 1.40 bits per heavy atom. The van der Waals surface area contributed by atoms with E-state index in [9.17, 15) is 0 Å². The minimum Gasteiger partial charge on any atom is -0.464 e. The maximum atomic E-state index is 5.79. The highest BCUT2D eigenvalue weighted by atomic mass is 16.3. The number of rotatable bonds is 1. The van der Waals surface area contributed by atoms with E-state index in [2.05, 4.69) is 61.5 Å². The molecule has 4 rings (SSSR count). The molecule has 0 spiro atoms. The molecule has 0 fully saturated rings. The smallest absolute Gasteiger partial charge is 0.142 e. The maximum Gasteiger partial charge on any atom is 0.142 e. The lowest BCUT2D eigenvalue weighted by Crippen LogP contribution is -1.87. The number of benzene rings is 3. The number of hydrogen-bond acceptors (Lipinski definition) is 1. The Morgan fingerprint density at radius 3 is 2.20 bits per heavy atom. The predicted molar refractivity (Wildman–Crippen MR) is 83.9 cm³/mol. The lowest BCUT2D eigenvalue weighted by Gasteiger charge is -2.11. The number of fused-ring (bicyclic) bond motifs is 3. The lowest BCUT2D eigenvalue weighted by atomic mass is 9.92. The van der Waals surface area contributed by atoms with Crippen LogP contribution in [0.15, 0.2) is 71.3 Å². The highest BCUT2D eigenvalue weighted by Crippen LogP contribution is 2.38. The standard InChI is InChI=1S/C19H14O/c1-13-15-9-5-6-10-16(15)17-11-12-20-19(17)18(13)14-7-3-2-4-8-14/h2-12H,1H3. The average molecular weight is 258 g/mol. The lowest BCUT2D eigenvalue weighted by molar-refractivity contribution is 0.617. The van der Waals surface area contributed by atoms with Crippen molar-refractivity contribution in [2.75, 3.05) is 0 Å². The van der Waals surface area contributed by atoms with Gasteiger partial charge in [0.05, 0.1) is 6.26 Å². The van der Waals surface area contributed by atoms with Crippen LogP contribution in [-0.2, 0) is 0 Å². The van der Waals surface area contributed by atoms with Crippen LogP contribution < -0.4 is 0 Å². The van der Waals surface area contributed by atoms with Gasteiger partial charge >= 0.3 is 0 Å². The molecule has 0 aliphatic rings. The summed E-state index contributed by atoms with van der Waals surface area (Å²) < 4.78 is 5.79. The van der Waals surface area contributed by atoms with Crippen LogP contribution in [0.1, 0.15) is 5.56 Å². The first-order valence-corrected chi connectivity index (χ1v) is 6.80. The molecule has 1 nitrogen and oxygen atoms in total. The van der Waals surface area contributed by atoms with Crippen LogP contribution in [0.25, 0.3) is 32.9 Å². The SMILES string of the molecule is Cc1c(-c2ccccc2)c2occc2c2ccccc12. The Kier molecular flexibility index (Phi) is 2.40. The second kappa shape index (κ2) is 4.24. The third-order valence-electron chi connectivity index (χ3n) is 3.95. The molecule has 1 aromatic heterocycles. The Hall–Kier alpha value is -2.54. The van der Waals surface area contributed by atoms with Crippen LogP contribution in [0.4, 0.5) is 0 Å². The summed E-state index contributed by atoms with van der Waals surface area (Å²) in [5.74, 6) is 0. The van der Waals surface area contributed by atoms with E-state index in [1.54, 1.807) is 6.26 Å². The molecule has 0 saturated carbocycles. The van der Waals surface area contributed by atoms with Crippen molar-refractivity contribution in [1.82, 2.24) is 0 Å². The fourth-order valence-electron chi connectivity index (χ4n) is 3.02. The van der Waals surface area contributed by atoms with Crippen LogP contribution in [0.5, 0.6) is 0 Å².